The highest BCUT2D eigenvalue weighted by Gasteiger charge is 2.34. The van der Waals surface area contributed by atoms with Gasteiger partial charge in [-0.05, 0) is 49.2 Å². The smallest absolute Gasteiger partial charge is 0.227 e. The van der Waals surface area contributed by atoms with E-state index in [0.717, 1.165) is 29.3 Å². The van der Waals surface area contributed by atoms with Gasteiger partial charge in [0.05, 0.1) is 38.0 Å². The molecule has 1 fully saturated rings. The second kappa shape index (κ2) is 8.92. The Bertz CT molecular complexity index is 1680. The minimum absolute atomic E-state index is 0.0858. The van der Waals surface area contributed by atoms with Crippen LogP contribution >= 0.6 is 11.6 Å². The molecule has 8 nitrogen and oxygen atoms in total. The predicted molar refractivity (Wildman–Crippen MR) is 144 cm³/mol. The van der Waals surface area contributed by atoms with E-state index in [2.05, 4.69) is 25.6 Å². The standard InChI is InChI=1S/C26H22ClN7OS/c27-20-15-31-26(34-25(20)19-14-30-21-6-2-1-5-18(19)21)33-22-11-10-17(36(28,35)16-8-9-16)13-23(22)32-24-7-3-4-12-29-24/h1-7,10-16,28,30H,8-9H2,(H,29,32)(H,31,33,34). The average molecular weight is 516 g/mol. The van der Waals surface area contributed by atoms with Crippen molar-refractivity contribution in [1.82, 2.24) is 19.9 Å². The first kappa shape index (κ1) is 22.5. The molecule has 0 bridgehead atoms. The monoisotopic (exact) mass is 515 g/mol. The van der Waals surface area contributed by atoms with Crippen molar-refractivity contribution in [2.24, 2.45) is 0 Å². The quantitative estimate of drug-likeness (QED) is 0.191. The van der Waals surface area contributed by atoms with E-state index in [0.29, 0.717) is 38.8 Å². The van der Waals surface area contributed by atoms with Gasteiger partial charge in [0.1, 0.15) is 5.82 Å². The Morgan fingerprint density at radius 3 is 2.64 bits per heavy atom. The lowest BCUT2D eigenvalue weighted by Gasteiger charge is -2.16. The Labute approximate surface area is 213 Å². The molecule has 0 saturated heterocycles. The normalized spacial score (nSPS) is 14.9. The number of fused-ring (bicyclic) bond motifs is 1. The molecule has 1 atom stereocenters. The molecule has 6 rings (SSSR count). The Hall–Kier alpha value is -3.95. The van der Waals surface area contributed by atoms with Gasteiger partial charge in [-0.2, -0.15) is 0 Å². The first-order valence-electron chi connectivity index (χ1n) is 11.4. The number of pyridine rings is 1. The van der Waals surface area contributed by atoms with Gasteiger partial charge in [-0.3, -0.25) is 0 Å². The Balaban J connectivity index is 1.39. The summed E-state index contributed by atoms with van der Waals surface area (Å²) in [5, 5.41) is 7.89. The third-order valence-corrected chi connectivity index (χ3v) is 8.74. The third kappa shape index (κ3) is 4.27. The Kier molecular flexibility index (Phi) is 5.58. The van der Waals surface area contributed by atoms with Crippen molar-refractivity contribution in [3.05, 3.63) is 84.3 Å². The summed E-state index contributed by atoms with van der Waals surface area (Å²) in [6, 6.07) is 18.8. The maximum Gasteiger partial charge on any atom is 0.227 e. The van der Waals surface area contributed by atoms with Crippen LogP contribution in [0.5, 0.6) is 0 Å². The second-order valence-corrected chi connectivity index (χ2v) is 11.4. The molecule has 1 saturated carbocycles. The van der Waals surface area contributed by atoms with E-state index >= 15 is 0 Å². The number of hydrogen-bond acceptors (Lipinski definition) is 7. The lowest BCUT2D eigenvalue weighted by molar-refractivity contribution is 0.674. The number of benzene rings is 2. The number of nitrogens with one attached hydrogen (secondary N) is 4. The number of halogens is 1. The lowest BCUT2D eigenvalue weighted by atomic mass is 10.1. The SMILES string of the molecule is N=S(=O)(c1ccc(Nc2ncc(Cl)c(-c3c[nH]c4ccccc34)n2)c(Nc2ccccn2)c1)C1CC1. The number of aromatic nitrogens is 4. The van der Waals surface area contributed by atoms with Gasteiger partial charge in [0, 0.05) is 39.0 Å². The summed E-state index contributed by atoms with van der Waals surface area (Å²) in [7, 11) is -2.87. The van der Waals surface area contributed by atoms with Gasteiger partial charge < -0.3 is 15.6 Å². The van der Waals surface area contributed by atoms with E-state index in [1.807, 2.05) is 48.7 Å². The van der Waals surface area contributed by atoms with Crippen molar-refractivity contribution >= 4 is 55.4 Å². The Morgan fingerprint density at radius 2 is 1.83 bits per heavy atom. The van der Waals surface area contributed by atoms with Crippen LogP contribution in [0.25, 0.3) is 22.2 Å². The molecule has 10 heteroatoms. The van der Waals surface area contributed by atoms with Gasteiger partial charge in [-0.15, -0.1) is 0 Å². The van der Waals surface area contributed by atoms with E-state index in [9.17, 15) is 4.21 Å². The molecule has 3 aromatic heterocycles. The molecule has 1 aliphatic rings. The predicted octanol–water partition coefficient (Wildman–Crippen LogP) is 6.73. The molecular weight excluding hydrogens is 494 g/mol. The zero-order valence-corrected chi connectivity index (χ0v) is 20.6. The summed E-state index contributed by atoms with van der Waals surface area (Å²) in [6.45, 7) is 0. The van der Waals surface area contributed by atoms with Crippen molar-refractivity contribution in [1.29, 1.82) is 4.78 Å². The number of nitrogens with zero attached hydrogens (tertiary/aromatic N) is 3. The van der Waals surface area contributed by atoms with Crippen LogP contribution in [0, 0.1) is 4.78 Å². The van der Waals surface area contributed by atoms with E-state index < -0.39 is 9.73 Å². The number of H-pyrrole nitrogens is 1. The highest BCUT2D eigenvalue weighted by molar-refractivity contribution is 7.93. The minimum atomic E-state index is -2.87. The molecule has 5 aromatic rings. The largest absolute Gasteiger partial charge is 0.360 e. The molecule has 1 aliphatic carbocycles. The molecule has 0 aliphatic heterocycles. The summed E-state index contributed by atoms with van der Waals surface area (Å²) in [6.07, 6.45) is 6.78. The van der Waals surface area contributed by atoms with Crippen molar-refractivity contribution in [3.63, 3.8) is 0 Å². The maximum absolute atomic E-state index is 13.1. The first-order valence-corrected chi connectivity index (χ1v) is 13.4. The van der Waals surface area contributed by atoms with Gasteiger partial charge in [-0.25, -0.2) is 23.9 Å². The fourth-order valence-corrected chi connectivity index (χ4v) is 6.04. The van der Waals surface area contributed by atoms with Gasteiger partial charge in [-0.1, -0.05) is 35.9 Å². The van der Waals surface area contributed by atoms with Gasteiger partial charge >= 0.3 is 0 Å². The second-order valence-electron chi connectivity index (χ2n) is 8.61. The van der Waals surface area contributed by atoms with Crippen LogP contribution in [0.4, 0.5) is 23.1 Å². The zero-order chi connectivity index (χ0) is 24.7. The molecule has 0 spiro atoms. The van der Waals surface area contributed by atoms with Crippen LogP contribution in [0.2, 0.25) is 5.02 Å². The van der Waals surface area contributed by atoms with Crippen molar-refractivity contribution < 1.29 is 4.21 Å². The van der Waals surface area contributed by atoms with E-state index in [1.54, 1.807) is 30.6 Å². The molecule has 3 heterocycles. The zero-order valence-electron chi connectivity index (χ0n) is 19.0. The van der Waals surface area contributed by atoms with Crippen molar-refractivity contribution in [2.75, 3.05) is 10.6 Å². The van der Waals surface area contributed by atoms with Crippen LogP contribution in [0.15, 0.2) is 84.1 Å². The summed E-state index contributed by atoms with van der Waals surface area (Å²) < 4.78 is 21.6. The average Bonchev–Trinajstić information content (AvgIpc) is 3.67. The number of hydrogen-bond donors (Lipinski definition) is 4. The first-order chi connectivity index (χ1) is 17.5. The van der Waals surface area contributed by atoms with Crippen LogP contribution in [0.3, 0.4) is 0 Å². The molecule has 1 unspecified atom stereocenters. The maximum atomic E-state index is 13.1. The fraction of sp³-hybridized carbons (Fsp3) is 0.115. The van der Waals surface area contributed by atoms with Gasteiger partial charge in [0.25, 0.3) is 0 Å². The van der Waals surface area contributed by atoms with Crippen LogP contribution in [-0.2, 0) is 9.73 Å². The molecule has 4 N–H and O–H groups in total. The fourth-order valence-electron chi connectivity index (χ4n) is 4.10. The summed E-state index contributed by atoms with van der Waals surface area (Å²) >= 11 is 6.50. The number of aromatic amines is 1. The molecule has 180 valence electrons. The molecule has 0 radical (unpaired) electrons. The highest BCUT2D eigenvalue weighted by atomic mass is 35.5. The Morgan fingerprint density at radius 1 is 1.00 bits per heavy atom. The van der Waals surface area contributed by atoms with E-state index in [-0.39, 0.29) is 5.25 Å². The van der Waals surface area contributed by atoms with Crippen molar-refractivity contribution in [3.8, 4) is 11.3 Å². The van der Waals surface area contributed by atoms with Gasteiger partial charge in [0.2, 0.25) is 5.95 Å². The minimum Gasteiger partial charge on any atom is -0.360 e. The van der Waals surface area contributed by atoms with E-state index in [4.69, 9.17) is 21.4 Å². The number of para-hydroxylation sites is 1. The molecular formula is C26H22ClN7OS. The highest BCUT2D eigenvalue weighted by Crippen LogP contribution is 2.38. The van der Waals surface area contributed by atoms with E-state index in [1.165, 1.54) is 0 Å². The lowest BCUT2D eigenvalue weighted by Crippen LogP contribution is -2.07. The van der Waals surface area contributed by atoms with Gasteiger partial charge in [0.15, 0.2) is 0 Å². The summed E-state index contributed by atoms with van der Waals surface area (Å²) in [4.78, 5) is 17.2. The topological polar surface area (TPSA) is 119 Å². The molecule has 36 heavy (non-hydrogen) atoms. The number of rotatable bonds is 7. The molecule has 0 amide bonds. The van der Waals surface area contributed by atoms with Crippen molar-refractivity contribution in [2.45, 2.75) is 23.0 Å². The molecule has 2 aromatic carbocycles. The van der Waals surface area contributed by atoms with Crippen LogP contribution in [-0.4, -0.2) is 29.4 Å². The summed E-state index contributed by atoms with van der Waals surface area (Å²) in [5.74, 6) is 0.974. The van der Waals surface area contributed by atoms with Crippen LogP contribution in [0.1, 0.15) is 12.8 Å². The summed E-state index contributed by atoms with van der Waals surface area (Å²) in [5.41, 5.74) is 3.75. The number of anilines is 4. The third-order valence-electron chi connectivity index (χ3n) is 6.10. The van der Waals surface area contributed by atoms with Crippen LogP contribution < -0.4 is 10.6 Å².